The molecule has 0 saturated carbocycles. The highest BCUT2D eigenvalue weighted by molar-refractivity contribution is 7.15. The number of likely N-dealkylation sites (tertiary alicyclic amines) is 1. The number of fused-ring (bicyclic) bond motifs is 1. The Labute approximate surface area is 123 Å². The van der Waals surface area contributed by atoms with E-state index in [1.807, 2.05) is 0 Å². The summed E-state index contributed by atoms with van der Waals surface area (Å²) >= 11 is 1.64. The summed E-state index contributed by atoms with van der Waals surface area (Å²) in [5.74, 6) is -1.13. The molecule has 5 nitrogen and oxygen atoms in total. The third kappa shape index (κ3) is 2.67. The number of aryl methyl sites for hydroxylation is 1. The zero-order valence-corrected chi connectivity index (χ0v) is 12.6. The minimum atomic E-state index is -0.740. The Kier molecular flexibility index (Phi) is 3.94. The Morgan fingerprint density at radius 2 is 2.40 bits per heavy atom. The average molecular weight is 295 g/mol. The predicted octanol–water partition coefficient (Wildman–Crippen LogP) is 2.15. The number of hydrogen-bond acceptors (Lipinski definition) is 5. The highest BCUT2D eigenvalue weighted by Gasteiger charge is 2.32. The summed E-state index contributed by atoms with van der Waals surface area (Å²) in [5.41, 5.74) is 0.799. The normalized spacial score (nSPS) is 26.4. The summed E-state index contributed by atoms with van der Waals surface area (Å²) < 4.78 is 0. The molecule has 1 fully saturated rings. The molecule has 1 aliphatic heterocycles. The number of nitrogens with one attached hydrogen (secondary N) is 1. The number of aliphatic carboxylic acids is 1. The van der Waals surface area contributed by atoms with Crippen LogP contribution >= 0.6 is 11.3 Å². The van der Waals surface area contributed by atoms with E-state index in [1.165, 1.54) is 19.4 Å². The van der Waals surface area contributed by atoms with E-state index >= 15 is 0 Å². The molecule has 1 aromatic rings. The molecule has 2 aliphatic rings. The smallest absolute Gasteiger partial charge is 0.312 e. The minimum Gasteiger partial charge on any atom is -0.481 e. The first-order valence-electron chi connectivity index (χ1n) is 7.38. The van der Waals surface area contributed by atoms with Crippen LogP contribution in [-0.2, 0) is 11.2 Å². The van der Waals surface area contributed by atoms with Crippen molar-refractivity contribution < 1.29 is 9.90 Å². The number of carboxylic acids is 1. The average Bonchev–Trinajstić information content (AvgIpc) is 2.98. The first-order chi connectivity index (χ1) is 9.67. The quantitative estimate of drug-likeness (QED) is 0.891. The van der Waals surface area contributed by atoms with Gasteiger partial charge in [0.25, 0.3) is 0 Å². The third-order valence-electron chi connectivity index (χ3n) is 4.30. The zero-order valence-electron chi connectivity index (χ0n) is 11.8. The monoisotopic (exact) mass is 295 g/mol. The maximum Gasteiger partial charge on any atom is 0.312 e. The molecule has 3 rings (SSSR count). The Morgan fingerprint density at radius 1 is 1.55 bits per heavy atom. The second-order valence-electron chi connectivity index (χ2n) is 5.63. The molecule has 0 aromatic carbocycles. The molecular formula is C14H21N3O2S. The summed E-state index contributed by atoms with van der Waals surface area (Å²) in [6.07, 6.45) is 3.95. The molecule has 2 heterocycles. The molecule has 0 amide bonds. The second kappa shape index (κ2) is 5.69. The van der Waals surface area contributed by atoms with E-state index in [0.29, 0.717) is 12.5 Å². The number of carboxylic acid groups (broad SMARTS) is 1. The summed E-state index contributed by atoms with van der Waals surface area (Å²) in [6, 6.07) is 0.443. The third-order valence-corrected chi connectivity index (χ3v) is 5.36. The molecule has 0 spiro atoms. The van der Waals surface area contributed by atoms with Crippen LogP contribution in [0.3, 0.4) is 0 Å². The number of nitrogens with zero attached hydrogens (tertiary/aromatic N) is 2. The van der Waals surface area contributed by atoms with Crippen molar-refractivity contribution in [3.05, 3.63) is 10.6 Å². The highest BCUT2D eigenvalue weighted by Crippen LogP contribution is 2.38. The molecule has 1 saturated heterocycles. The lowest BCUT2D eigenvalue weighted by Crippen LogP contribution is -2.41. The molecule has 110 valence electrons. The fourth-order valence-electron chi connectivity index (χ4n) is 3.16. The lowest BCUT2D eigenvalue weighted by Gasteiger charge is -2.32. The predicted molar refractivity (Wildman–Crippen MR) is 79.6 cm³/mol. The number of hydrogen-bond donors (Lipinski definition) is 2. The molecule has 0 radical (unpaired) electrons. The zero-order chi connectivity index (χ0) is 14.1. The van der Waals surface area contributed by atoms with Crippen LogP contribution in [0.1, 0.15) is 42.7 Å². The topological polar surface area (TPSA) is 65.5 Å². The second-order valence-corrected chi connectivity index (χ2v) is 6.72. The van der Waals surface area contributed by atoms with Crippen LogP contribution < -0.4 is 5.32 Å². The van der Waals surface area contributed by atoms with Crippen molar-refractivity contribution in [1.82, 2.24) is 9.88 Å². The van der Waals surface area contributed by atoms with E-state index in [9.17, 15) is 9.90 Å². The highest BCUT2D eigenvalue weighted by atomic mass is 32.1. The van der Waals surface area contributed by atoms with Gasteiger partial charge in [-0.2, -0.15) is 0 Å². The van der Waals surface area contributed by atoms with Crippen LogP contribution in [0.25, 0.3) is 0 Å². The van der Waals surface area contributed by atoms with Gasteiger partial charge in [-0.25, -0.2) is 4.98 Å². The Morgan fingerprint density at radius 3 is 3.15 bits per heavy atom. The van der Waals surface area contributed by atoms with Gasteiger partial charge < -0.3 is 15.3 Å². The summed E-state index contributed by atoms with van der Waals surface area (Å²) in [5, 5.41) is 13.6. The molecule has 0 bridgehead atoms. The van der Waals surface area contributed by atoms with Crippen molar-refractivity contribution in [3.63, 3.8) is 0 Å². The van der Waals surface area contributed by atoms with Gasteiger partial charge in [0.15, 0.2) is 5.13 Å². The Bertz CT molecular complexity index is 503. The maximum atomic E-state index is 11.2. The van der Waals surface area contributed by atoms with Crippen molar-refractivity contribution in [2.24, 2.45) is 0 Å². The molecule has 2 N–H and O–H groups in total. The SMILES string of the molecule is CCN1CCCC(Nc2nc3c(s2)CCC3C(=O)O)C1. The van der Waals surface area contributed by atoms with Gasteiger partial charge in [-0.3, -0.25) is 4.79 Å². The number of carbonyl (C=O) groups is 1. The minimum absolute atomic E-state index is 0.393. The van der Waals surface area contributed by atoms with Crippen molar-refractivity contribution in [2.75, 3.05) is 25.0 Å². The largest absolute Gasteiger partial charge is 0.481 e. The van der Waals surface area contributed by atoms with Crippen LogP contribution in [0.5, 0.6) is 0 Å². The van der Waals surface area contributed by atoms with Gasteiger partial charge in [-0.1, -0.05) is 6.92 Å². The van der Waals surface area contributed by atoms with E-state index in [-0.39, 0.29) is 0 Å². The number of rotatable bonds is 4. The fraction of sp³-hybridized carbons (Fsp3) is 0.714. The van der Waals surface area contributed by atoms with E-state index in [2.05, 4.69) is 22.1 Å². The summed E-state index contributed by atoms with van der Waals surface area (Å²) in [7, 11) is 0. The number of anilines is 1. The molecule has 20 heavy (non-hydrogen) atoms. The standard InChI is InChI=1S/C14H21N3O2S/c1-2-17-7-3-4-9(8-17)15-14-16-12-10(13(18)19)5-6-11(12)20-14/h9-10H,2-8H2,1H3,(H,15,16)(H,18,19). The molecule has 1 aliphatic carbocycles. The van der Waals surface area contributed by atoms with Crippen LogP contribution in [0.4, 0.5) is 5.13 Å². The van der Waals surface area contributed by atoms with Crippen molar-refractivity contribution in [2.45, 2.75) is 44.6 Å². The van der Waals surface area contributed by atoms with Crippen LogP contribution in [-0.4, -0.2) is 46.6 Å². The van der Waals surface area contributed by atoms with E-state index < -0.39 is 11.9 Å². The Hall–Kier alpha value is -1.14. The van der Waals surface area contributed by atoms with Gasteiger partial charge in [-0.15, -0.1) is 11.3 Å². The van der Waals surface area contributed by atoms with Gasteiger partial charge in [0, 0.05) is 17.5 Å². The van der Waals surface area contributed by atoms with Gasteiger partial charge in [0.05, 0.1) is 5.69 Å². The molecule has 2 atom stereocenters. The van der Waals surface area contributed by atoms with Crippen LogP contribution in [0, 0.1) is 0 Å². The van der Waals surface area contributed by atoms with Gasteiger partial charge >= 0.3 is 5.97 Å². The number of aromatic nitrogens is 1. The van der Waals surface area contributed by atoms with Gasteiger partial charge in [0.1, 0.15) is 5.92 Å². The number of piperidine rings is 1. The van der Waals surface area contributed by atoms with Crippen molar-refractivity contribution >= 4 is 22.4 Å². The van der Waals surface area contributed by atoms with Crippen molar-refractivity contribution in [1.29, 1.82) is 0 Å². The first-order valence-corrected chi connectivity index (χ1v) is 8.20. The lowest BCUT2D eigenvalue weighted by molar-refractivity contribution is -0.138. The van der Waals surface area contributed by atoms with Crippen molar-refractivity contribution in [3.8, 4) is 0 Å². The number of thiazole rings is 1. The maximum absolute atomic E-state index is 11.2. The first kappa shape index (κ1) is 13.8. The molecule has 1 aromatic heterocycles. The Balaban J connectivity index is 1.67. The molecule has 6 heteroatoms. The van der Waals surface area contributed by atoms with Crippen LogP contribution in [0.2, 0.25) is 0 Å². The number of likely N-dealkylation sites (N-methyl/N-ethyl adjacent to an activating group) is 1. The molecule has 2 unspecified atom stereocenters. The lowest BCUT2D eigenvalue weighted by atomic mass is 10.1. The van der Waals surface area contributed by atoms with E-state index in [0.717, 1.165) is 35.2 Å². The molecular weight excluding hydrogens is 274 g/mol. The van der Waals surface area contributed by atoms with Gasteiger partial charge in [-0.05, 0) is 38.8 Å². The van der Waals surface area contributed by atoms with Gasteiger partial charge in [0.2, 0.25) is 0 Å². The van der Waals surface area contributed by atoms with E-state index in [4.69, 9.17) is 0 Å². The van der Waals surface area contributed by atoms with E-state index in [1.54, 1.807) is 11.3 Å². The van der Waals surface area contributed by atoms with Crippen LogP contribution in [0.15, 0.2) is 0 Å². The fourth-order valence-corrected chi connectivity index (χ4v) is 4.28. The summed E-state index contributed by atoms with van der Waals surface area (Å²) in [6.45, 7) is 5.53. The summed E-state index contributed by atoms with van der Waals surface area (Å²) in [4.78, 5) is 19.3.